The van der Waals surface area contributed by atoms with E-state index in [9.17, 15) is 4.79 Å². The summed E-state index contributed by atoms with van der Waals surface area (Å²) in [5, 5.41) is 3.47. The summed E-state index contributed by atoms with van der Waals surface area (Å²) >= 11 is 6.06. The minimum atomic E-state index is -0.315. The van der Waals surface area contributed by atoms with Crippen LogP contribution in [0.1, 0.15) is 18.1 Å². The second-order valence-electron chi connectivity index (χ2n) is 6.71. The third-order valence-corrected chi connectivity index (χ3v) is 5.33. The van der Waals surface area contributed by atoms with Gasteiger partial charge < -0.3 is 19.5 Å². The SMILES string of the molecule is COc1ccc(Cl)cc1NC(=O)C(C)N1CCc2cc(OC)c(OC)cc2C1. The zero-order valence-electron chi connectivity index (χ0n) is 16.5. The molecule has 3 rings (SSSR count). The van der Waals surface area contributed by atoms with Crippen molar-refractivity contribution in [2.24, 2.45) is 0 Å². The normalized spacial score (nSPS) is 14.8. The Labute approximate surface area is 170 Å². The molecule has 0 saturated heterocycles. The number of amides is 1. The molecule has 0 bridgehead atoms. The Morgan fingerprint density at radius 2 is 1.68 bits per heavy atom. The standard InChI is InChI=1S/C21H25ClN2O4/c1-13(21(25)23-17-11-16(22)5-6-18(17)26-2)24-8-7-14-9-19(27-3)20(28-4)10-15(14)12-24/h5-6,9-11,13H,7-8,12H2,1-4H3,(H,23,25). The van der Waals surface area contributed by atoms with Gasteiger partial charge in [0, 0.05) is 18.1 Å². The Hall–Kier alpha value is -2.44. The molecule has 0 spiro atoms. The quantitative estimate of drug-likeness (QED) is 0.794. The van der Waals surface area contributed by atoms with E-state index in [4.69, 9.17) is 25.8 Å². The van der Waals surface area contributed by atoms with Crippen molar-refractivity contribution in [2.45, 2.75) is 25.9 Å². The molecule has 0 fully saturated rings. The Bertz CT molecular complexity index is 872. The molecule has 1 unspecified atom stereocenters. The van der Waals surface area contributed by atoms with Gasteiger partial charge in [0.2, 0.25) is 5.91 Å². The van der Waals surface area contributed by atoms with Gasteiger partial charge in [-0.15, -0.1) is 0 Å². The fourth-order valence-electron chi connectivity index (χ4n) is 3.42. The Balaban J connectivity index is 1.74. The molecule has 1 N–H and O–H groups in total. The first kappa shape index (κ1) is 20.3. The molecular weight excluding hydrogens is 380 g/mol. The van der Waals surface area contributed by atoms with Gasteiger partial charge in [-0.25, -0.2) is 0 Å². The highest BCUT2D eigenvalue weighted by Crippen LogP contribution is 2.34. The van der Waals surface area contributed by atoms with Crippen molar-refractivity contribution in [1.82, 2.24) is 4.90 Å². The molecule has 2 aromatic carbocycles. The van der Waals surface area contributed by atoms with E-state index >= 15 is 0 Å². The summed E-state index contributed by atoms with van der Waals surface area (Å²) in [6.07, 6.45) is 0.841. The van der Waals surface area contributed by atoms with E-state index < -0.39 is 0 Å². The number of nitrogens with zero attached hydrogens (tertiary/aromatic N) is 1. The summed E-state index contributed by atoms with van der Waals surface area (Å²) in [6, 6.07) is 8.85. The van der Waals surface area contributed by atoms with Crippen LogP contribution in [-0.2, 0) is 17.8 Å². The Kier molecular flexibility index (Phi) is 6.31. The van der Waals surface area contributed by atoms with Crippen LogP contribution in [0.3, 0.4) is 0 Å². The van der Waals surface area contributed by atoms with Gasteiger partial charge in [0.1, 0.15) is 5.75 Å². The number of ether oxygens (including phenoxy) is 3. The molecular formula is C21H25ClN2O4. The van der Waals surface area contributed by atoms with Crippen molar-refractivity contribution >= 4 is 23.2 Å². The molecule has 1 amide bonds. The number of rotatable bonds is 6. The second kappa shape index (κ2) is 8.71. The van der Waals surface area contributed by atoms with E-state index in [1.54, 1.807) is 39.5 Å². The van der Waals surface area contributed by atoms with Gasteiger partial charge in [-0.1, -0.05) is 11.6 Å². The maximum atomic E-state index is 12.8. The minimum Gasteiger partial charge on any atom is -0.495 e. The average molecular weight is 405 g/mol. The summed E-state index contributed by atoms with van der Waals surface area (Å²) in [7, 11) is 4.82. The third-order valence-electron chi connectivity index (χ3n) is 5.09. The van der Waals surface area contributed by atoms with Gasteiger partial charge in [0.25, 0.3) is 0 Å². The number of carbonyl (C=O) groups is 1. The van der Waals surface area contributed by atoms with Crippen LogP contribution < -0.4 is 19.5 Å². The molecule has 0 aliphatic carbocycles. The van der Waals surface area contributed by atoms with Gasteiger partial charge in [-0.05, 0) is 54.8 Å². The average Bonchev–Trinajstić information content (AvgIpc) is 2.71. The van der Waals surface area contributed by atoms with Crippen molar-refractivity contribution < 1.29 is 19.0 Å². The number of hydrogen-bond donors (Lipinski definition) is 1. The van der Waals surface area contributed by atoms with Crippen molar-refractivity contribution in [2.75, 3.05) is 33.2 Å². The van der Waals surface area contributed by atoms with E-state index in [2.05, 4.69) is 10.2 Å². The van der Waals surface area contributed by atoms with Crippen LogP contribution in [0.25, 0.3) is 0 Å². The number of hydrogen-bond acceptors (Lipinski definition) is 5. The second-order valence-corrected chi connectivity index (χ2v) is 7.14. The fourth-order valence-corrected chi connectivity index (χ4v) is 3.59. The van der Waals surface area contributed by atoms with Gasteiger partial charge in [-0.3, -0.25) is 9.69 Å². The molecule has 7 heteroatoms. The van der Waals surface area contributed by atoms with Crippen LogP contribution in [-0.4, -0.2) is 44.7 Å². The molecule has 1 aliphatic heterocycles. The number of methoxy groups -OCH3 is 3. The number of carbonyl (C=O) groups excluding carboxylic acids is 1. The molecule has 1 atom stereocenters. The number of benzene rings is 2. The van der Waals surface area contributed by atoms with Crippen molar-refractivity contribution in [3.8, 4) is 17.2 Å². The van der Waals surface area contributed by atoms with E-state index in [1.807, 2.05) is 19.1 Å². The summed E-state index contributed by atoms with van der Waals surface area (Å²) in [4.78, 5) is 15.0. The number of fused-ring (bicyclic) bond motifs is 1. The smallest absolute Gasteiger partial charge is 0.241 e. The highest BCUT2D eigenvalue weighted by atomic mass is 35.5. The lowest BCUT2D eigenvalue weighted by atomic mass is 9.97. The molecule has 2 aromatic rings. The highest BCUT2D eigenvalue weighted by molar-refractivity contribution is 6.31. The third kappa shape index (κ3) is 4.18. The van der Waals surface area contributed by atoms with Crippen LogP contribution in [0.4, 0.5) is 5.69 Å². The van der Waals surface area contributed by atoms with E-state index in [0.717, 1.165) is 24.3 Å². The highest BCUT2D eigenvalue weighted by Gasteiger charge is 2.27. The summed E-state index contributed by atoms with van der Waals surface area (Å²) in [6.45, 7) is 3.35. The van der Waals surface area contributed by atoms with E-state index in [-0.39, 0.29) is 11.9 Å². The predicted molar refractivity (Wildman–Crippen MR) is 110 cm³/mol. The molecule has 6 nitrogen and oxygen atoms in total. The lowest BCUT2D eigenvalue weighted by Crippen LogP contribution is -2.44. The fraction of sp³-hybridized carbons (Fsp3) is 0.381. The van der Waals surface area contributed by atoms with Gasteiger partial charge in [-0.2, -0.15) is 0 Å². The first-order valence-electron chi connectivity index (χ1n) is 9.09. The van der Waals surface area contributed by atoms with Crippen molar-refractivity contribution in [1.29, 1.82) is 0 Å². The lowest BCUT2D eigenvalue weighted by Gasteiger charge is -2.33. The predicted octanol–water partition coefficient (Wildman–Crippen LogP) is 3.75. The van der Waals surface area contributed by atoms with E-state index in [1.165, 1.54) is 5.56 Å². The topological polar surface area (TPSA) is 60.0 Å². The lowest BCUT2D eigenvalue weighted by molar-refractivity contribution is -0.121. The minimum absolute atomic E-state index is 0.107. The van der Waals surface area contributed by atoms with Crippen LogP contribution >= 0.6 is 11.6 Å². The number of anilines is 1. The van der Waals surface area contributed by atoms with Crippen molar-refractivity contribution in [3.63, 3.8) is 0 Å². The molecule has 0 aromatic heterocycles. The number of halogens is 1. The maximum Gasteiger partial charge on any atom is 0.241 e. The van der Waals surface area contributed by atoms with E-state index in [0.29, 0.717) is 28.8 Å². The summed E-state index contributed by atoms with van der Waals surface area (Å²) < 4.78 is 16.1. The first-order valence-corrected chi connectivity index (χ1v) is 9.46. The van der Waals surface area contributed by atoms with Crippen LogP contribution in [0.5, 0.6) is 17.2 Å². The number of nitrogens with one attached hydrogen (secondary N) is 1. The first-order chi connectivity index (χ1) is 13.5. The molecule has 28 heavy (non-hydrogen) atoms. The largest absolute Gasteiger partial charge is 0.495 e. The van der Waals surface area contributed by atoms with Crippen molar-refractivity contribution in [3.05, 3.63) is 46.5 Å². The summed E-state index contributed by atoms with van der Waals surface area (Å²) in [5.41, 5.74) is 2.93. The van der Waals surface area contributed by atoms with Crippen LogP contribution in [0.15, 0.2) is 30.3 Å². The Morgan fingerprint density at radius 3 is 2.32 bits per heavy atom. The van der Waals surface area contributed by atoms with Gasteiger partial charge in [0.15, 0.2) is 11.5 Å². The molecule has 0 radical (unpaired) electrons. The maximum absolute atomic E-state index is 12.8. The summed E-state index contributed by atoms with van der Waals surface area (Å²) in [5.74, 6) is 1.90. The van der Waals surface area contributed by atoms with Gasteiger partial charge in [0.05, 0.1) is 33.1 Å². The monoisotopic (exact) mass is 404 g/mol. The zero-order chi connectivity index (χ0) is 20.3. The van der Waals surface area contributed by atoms with Crippen LogP contribution in [0.2, 0.25) is 5.02 Å². The van der Waals surface area contributed by atoms with Gasteiger partial charge >= 0.3 is 0 Å². The molecule has 1 aliphatic rings. The molecule has 150 valence electrons. The molecule has 0 saturated carbocycles. The molecule has 1 heterocycles. The Morgan fingerprint density at radius 1 is 1.04 bits per heavy atom. The zero-order valence-corrected chi connectivity index (χ0v) is 17.3. The van der Waals surface area contributed by atoms with Crippen LogP contribution in [0, 0.1) is 0 Å².